The van der Waals surface area contributed by atoms with Crippen molar-refractivity contribution in [3.63, 3.8) is 0 Å². The van der Waals surface area contributed by atoms with Gasteiger partial charge in [-0.05, 0) is 43.5 Å². The quantitative estimate of drug-likeness (QED) is 0.890. The van der Waals surface area contributed by atoms with Crippen LogP contribution in [-0.4, -0.2) is 42.4 Å². The SMILES string of the molecule is COCc1cc(CN(C)C[C@H]2CCOc3ccccc3C2)n[nH]1. The van der Waals surface area contributed by atoms with Crippen LogP contribution in [0.25, 0.3) is 0 Å². The van der Waals surface area contributed by atoms with Gasteiger partial charge in [0.15, 0.2) is 0 Å². The molecule has 0 amide bonds. The van der Waals surface area contributed by atoms with Gasteiger partial charge < -0.3 is 14.4 Å². The summed E-state index contributed by atoms with van der Waals surface area (Å²) in [7, 11) is 3.85. The van der Waals surface area contributed by atoms with Crippen LogP contribution in [0.5, 0.6) is 5.75 Å². The molecular weight excluding hydrogens is 290 g/mol. The zero-order valence-electron chi connectivity index (χ0n) is 13.9. The van der Waals surface area contributed by atoms with Gasteiger partial charge in [0.25, 0.3) is 0 Å². The van der Waals surface area contributed by atoms with E-state index in [9.17, 15) is 0 Å². The van der Waals surface area contributed by atoms with Crippen molar-refractivity contribution < 1.29 is 9.47 Å². The second kappa shape index (κ2) is 7.62. The van der Waals surface area contributed by atoms with E-state index in [4.69, 9.17) is 9.47 Å². The molecule has 0 radical (unpaired) electrons. The normalized spacial score (nSPS) is 17.6. The van der Waals surface area contributed by atoms with Gasteiger partial charge in [-0.3, -0.25) is 5.10 Å². The smallest absolute Gasteiger partial charge is 0.122 e. The van der Waals surface area contributed by atoms with Crippen molar-refractivity contribution in [1.29, 1.82) is 0 Å². The zero-order chi connectivity index (χ0) is 16.1. The Morgan fingerprint density at radius 2 is 2.26 bits per heavy atom. The maximum atomic E-state index is 5.86. The highest BCUT2D eigenvalue weighted by molar-refractivity contribution is 5.34. The molecule has 3 rings (SSSR count). The minimum absolute atomic E-state index is 0.577. The van der Waals surface area contributed by atoms with Crippen molar-refractivity contribution >= 4 is 0 Å². The molecule has 0 bridgehead atoms. The molecule has 1 N–H and O–H groups in total. The number of para-hydroxylation sites is 1. The van der Waals surface area contributed by atoms with Gasteiger partial charge in [-0.15, -0.1) is 0 Å². The fraction of sp³-hybridized carbons (Fsp3) is 0.500. The summed E-state index contributed by atoms with van der Waals surface area (Å²) < 4.78 is 11.0. The average Bonchev–Trinajstić information content (AvgIpc) is 2.86. The number of H-pyrrole nitrogens is 1. The summed E-state index contributed by atoms with van der Waals surface area (Å²) >= 11 is 0. The van der Waals surface area contributed by atoms with Gasteiger partial charge in [0.05, 0.1) is 24.6 Å². The molecule has 0 saturated carbocycles. The van der Waals surface area contributed by atoms with E-state index in [1.165, 1.54) is 5.56 Å². The van der Waals surface area contributed by atoms with Crippen LogP contribution < -0.4 is 4.74 Å². The van der Waals surface area contributed by atoms with Crippen molar-refractivity contribution in [3.8, 4) is 5.75 Å². The number of hydrogen-bond acceptors (Lipinski definition) is 4. The molecule has 0 saturated heterocycles. The molecule has 0 unspecified atom stereocenters. The molecule has 5 nitrogen and oxygen atoms in total. The largest absolute Gasteiger partial charge is 0.493 e. The van der Waals surface area contributed by atoms with Crippen LogP contribution in [0.2, 0.25) is 0 Å². The van der Waals surface area contributed by atoms with Crippen LogP contribution in [-0.2, 0) is 24.3 Å². The topological polar surface area (TPSA) is 50.4 Å². The third-order valence-electron chi connectivity index (χ3n) is 4.25. The van der Waals surface area contributed by atoms with E-state index >= 15 is 0 Å². The predicted octanol–water partition coefficient (Wildman–Crippen LogP) is 2.63. The number of methoxy groups -OCH3 is 1. The van der Waals surface area contributed by atoms with Gasteiger partial charge in [-0.25, -0.2) is 0 Å². The van der Waals surface area contributed by atoms with Gasteiger partial charge in [-0.1, -0.05) is 18.2 Å². The lowest BCUT2D eigenvalue weighted by Gasteiger charge is -2.21. The molecule has 124 valence electrons. The minimum atomic E-state index is 0.577. The van der Waals surface area contributed by atoms with Crippen LogP contribution in [0.1, 0.15) is 23.4 Å². The Hall–Kier alpha value is -1.85. The summed E-state index contributed by atoms with van der Waals surface area (Å²) in [4.78, 5) is 2.34. The highest BCUT2D eigenvalue weighted by Crippen LogP contribution is 2.27. The van der Waals surface area contributed by atoms with Crippen LogP contribution >= 0.6 is 0 Å². The van der Waals surface area contributed by atoms with E-state index in [-0.39, 0.29) is 0 Å². The zero-order valence-corrected chi connectivity index (χ0v) is 13.9. The average molecular weight is 315 g/mol. The maximum absolute atomic E-state index is 5.86. The van der Waals surface area contributed by atoms with Crippen molar-refractivity contribution in [2.45, 2.75) is 26.0 Å². The molecule has 0 fully saturated rings. The van der Waals surface area contributed by atoms with Crippen LogP contribution in [0.3, 0.4) is 0 Å². The Balaban J connectivity index is 1.56. The summed E-state index contributed by atoms with van der Waals surface area (Å²) in [5.41, 5.74) is 3.41. The standard InChI is InChI=1S/C18H25N3O2/c1-21(12-16-10-17(13-22-2)20-19-16)11-14-7-8-23-18-6-4-3-5-15(18)9-14/h3-6,10,14H,7-9,11-13H2,1-2H3,(H,19,20)/t14-/m0/s1. The lowest BCUT2D eigenvalue weighted by molar-refractivity contribution is 0.181. The van der Waals surface area contributed by atoms with E-state index in [1.807, 2.05) is 6.07 Å². The summed E-state index contributed by atoms with van der Waals surface area (Å²) in [5.74, 6) is 1.66. The Bertz CT molecular complexity index is 626. The number of aromatic amines is 1. The Morgan fingerprint density at radius 3 is 3.13 bits per heavy atom. The lowest BCUT2D eigenvalue weighted by Crippen LogP contribution is -2.27. The first kappa shape index (κ1) is 16.0. The third kappa shape index (κ3) is 4.33. The number of fused-ring (bicyclic) bond motifs is 1. The van der Waals surface area contributed by atoms with E-state index < -0.39 is 0 Å². The number of hydrogen-bond donors (Lipinski definition) is 1. The van der Waals surface area contributed by atoms with Crippen LogP contribution in [0, 0.1) is 5.92 Å². The van der Waals surface area contributed by atoms with Gasteiger partial charge in [-0.2, -0.15) is 5.10 Å². The van der Waals surface area contributed by atoms with Crippen molar-refractivity contribution in [3.05, 3.63) is 47.3 Å². The summed E-state index contributed by atoms with van der Waals surface area (Å²) in [6, 6.07) is 10.5. The first-order valence-corrected chi connectivity index (χ1v) is 8.16. The van der Waals surface area contributed by atoms with E-state index in [1.54, 1.807) is 7.11 Å². The highest BCUT2D eigenvalue weighted by atomic mass is 16.5. The lowest BCUT2D eigenvalue weighted by atomic mass is 9.96. The van der Waals surface area contributed by atoms with E-state index in [0.717, 1.165) is 49.7 Å². The van der Waals surface area contributed by atoms with Gasteiger partial charge in [0, 0.05) is 20.2 Å². The molecule has 0 aliphatic carbocycles. The maximum Gasteiger partial charge on any atom is 0.122 e. The van der Waals surface area contributed by atoms with E-state index in [0.29, 0.717) is 12.5 Å². The Kier molecular flexibility index (Phi) is 5.31. The molecule has 2 heterocycles. The number of benzene rings is 1. The molecule has 5 heteroatoms. The Labute approximate surface area is 137 Å². The summed E-state index contributed by atoms with van der Waals surface area (Å²) in [6.07, 6.45) is 2.17. The fourth-order valence-corrected chi connectivity index (χ4v) is 3.22. The summed E-state index contributed by atoms with van der Waals surface area (Å²) in [6.45, 7) is 3.27. The third-order valence-corrected chi connectivity index (χ3v) is 4.25. The first-order chi connectivity index (χ1) is 11.2. The molecule has 1 aliphatic rings. The monoisotopic (exact) mass is 315 g/mol. The molecular formula is C18H25N3O2. The molecule has 1 atom stereocenters. The van der Waals surface area contributed by atoms with E-state index in [2.05, 4.69) is 46.4 Å². The van der Waals surface area contributed by atoms with Crippen LogP contribution in [0.15, 0.2) is 30.3 Å². The molecule has 2 aromatic rings. The number of nitrogens with zero attached hydrogens (tertiary/aromatic N) is 2. The molecule has 1 aromatic carbocycles. The minimum Gasteiger partial charge on any atom is -0.493 e. The number of nitrogens with one attached hydrogen (secondary N) is 1. The second-order valence-corrected chi connectivity index (χ2v) is 6.33. The molecule has 0 spiro atoms. The predicted molar refractivity (Wildman–Crippen MR) is 89.4 cm³/mol. The highest BCUT2D eigenvalue weighted by Gasteiger charge is 2.19. The van der Waals surface area contributed by atoms with Crippen LogP contribution in [0.4, 0.5) is 0 Å². The Morgan fingerprint density at radius 1 is 1.39 bits per heavy atom. The van der Waals surface area contributed by atoms with Gasteiger partial charge >= 0.3 is 0 Å². The molecule has 1 aromatic heterocycles. The fourth-order valence-electron chi connectivity index (χ4n) is 3.22. The van der Waals surface area contributed by atoms with Crippen molar-refractivity contribution in [2.24, 2.45) is 5.92 Å². The number of aromatic nitrogens is 2. The second-order valence-electron chi connectivity index (χ2n) is 6.33. The first-order valence-electron chi connectivity index (χ1n) is 8.16. The number of rotatable bonds is 6. The molecule has 1 aliphatic heterocycles. The number of ether oxygens (including phenoxy) is 2. The van der Waals surface area contributed by atoms with Gasteiger partial charge in [0.1, 0.15) is 5.75 Å². The van der Waals surface area contributed by atoms with Crippen molar-refractivity contribution in [2.75, 3.05) is 27.3 Å². The summed E-state index contributed by atoms with van der Waals surface area (Å²) in [5, 5.41) is 7.37. The molecule has 23 heavy (non-hydrogen) atoms. The van der Waals surface area contributed by atoms with Gasteiger partial charge in [0.2, 0.25) is 0 Å². The van der Waals surface area contributed by atoms with Crippen molar-refractivity contribution in [1.82, 2.24) is 15.1 Å².